The Bertz CT molecular complexity index is 1420. The molecule has 5 rings (SSSR count). The molecular formula is C34H52N8O5. The molecule has 0 spiro atoms. The number of carbonyl (C=O) groups excluding carboxylic acids is 2. The smallest absolute Gasteiger partial charge is 0.249 e. The monoisotopic (exact) mass is 652 g/mol. The molecule has 0 bridgehead atoms. The molecule has 0 unspecified atom stereocenters. The fourth-order valence-corrected chi connectivity index (χ4v) is 5.11. The largest absolute Gasteiger partial charge is 0.381 e. The van der Waals surface area contributed by atoms with Gasteiger partial charge >= 0.3 is 0 Å². The van der Waals surface area contributed by atoms with Crippen molar-refractivity contribution in [3.8, 4) is 11.4 Å². The third-order valence-electron chi connectivity index (χ3n) is 8.34. The molecule has 1 aromatic carbocycles. The van der Waals surface area contributed by atoms with Gasteiger partial charge in [0.2, 0.25) is 17.8 Å². The quantitative estimate of drug-likeness (QED) is 0.208. The fourth-order valence-electron chi connectivity index (χ4n) is 5.11. The van der Waals surface area contributed by atoms with E-state index in [9.17, 15) is 9.59 Å². The summed E-state index contributed by atoms with van der Waals surface area (Å²) in [6, 6.07) is 11.8. The maximum atomic E-state index is 12.6. The lowest BCUT2D eigenvalue weighted by Gasteiger charge is -2.32. The SMILES string of the molecule is CC(C)(NC1CCOCC1)C(=O)Nc1cc(C(C)(C)C)on1.CC(C)(NCC1CCOCC1)C(=O)Nc1n[nH]c(-c2ccccc2)n1. The number of aromatic amines is 1. The van der Waals surface area contributed by atoms with Crippen molar-refractivity contribution in [1.82, 2.24) is 31.0 Å². The Labute approximate surface area is 277 Å². The number of anilines is 2. The van der Waals surface area contributed by atoms with Gasteiger partial charge in [-0.1, -0.05) is 56.3 Å². The zero-order valence-electron chi connectivity index (χ0n) is 28.9. The van der Waals surface area contributed by atoms with Crippen LogP contribution in [0.15, 0.2) is 40.9 Å². The summed E-state index contributed by atoms with van der Waals surface area (Å²) in [5.41, 5.74) is -0.590. The number of aromatic nitrogens is 4. The van der Waals surface area contributed by atoms with Crippen molar-refractivity contribution >= 4 is 23.6 Å². The van der Waals surface area contributed by atoms with E-state index in [1.54, 1.807) is 6.07 Å². The number of hydrogen-bond acceptors (Lipinski definition) is 10. The topological polar surface area (TPSA) is 168 Å². The molecule has 2 aliphatic heterocycles. The molecule has 5 N–H and O–H groups in total. The van der Waals surface area contributed by atoms with Crippen LogP contribution in [0.1, 0.15) is 79.9 Å². The molecule has 0 aliphatic carbocycles. The minimum atomic E-state index is -0.703. The van der Waals surface area contributed by atoms with E-state index in [4.69, 9.17) is 14.0 Å². The standard InChI is InChI=1S/C18H25N5O2.C16H27N3O3/c1-18(2,19-12-13-8-10-25-11-9-13)16(24)21-17-20-15(22-23-17)14-6-4-3-5-7-14;1-15(2,3)12-10-13(19-22-12)17-14(20)16(4,5)18-11-6-8-21-9-7-11/h3-7,13,19H,8-12H2,1-2H3,(H2,20,21,22,23,24);10-11,18H,6-9H2,1-5H3,(H,17,19,20). The maximum absolute atomic E-state index is 12.6. The first-order chi connectivity index (χ1) is 22.2. The molecule has 4 heterocycles. The molecule has 13 nitrogen and oxygen atoms in total. The van der Waals surface area contributed by atoms with Crippen LogP contribution in [0, 0.1) is 5.92 Å². The van der Waals surface area contributed by atoms with Crippen LogP contribution in [0.25, 0.3) is 11.4 Å². The Morgan fingerprint density at radius 1 is 0.851 bits per heavy atom. The van der Waals surface area contributed by atoms with Gasteiger partial charge in [-0.2, -0.15) is 4.98 Å². The van der Waals surface area contributed by atoms with Gasteiger partial charge < -0.3 is 29.9 Å². The number of amides is 2. The van der Waals surface area contributed by atoms with Crippen molar-refractivity contribution in [2.24, 2.45) is 5.92 Å². The molecule has 47 heavy (non-hydrogen) atoms. The predicted molar refractivity (Wildman–Crippen MR) is 181 cm³/mol. The lowest BCUT2D eigenvalue weighted by atomic mass is 9.93. The molecule has 13 heteroatoms. The minimum absolute atomic E-state index is 0.118. The van der Waals surface area contributed by atoms with Gasteiger partial charge in [0.05, 0.1) is 11.1 Å². The van der Waals surface area contributed by atoms with Crippen LogP contribution in [0.3, 0.4) is 0 Å². The summed E-state index contributed by atoms with van der Waals surface area (Å²) in [7, 11) is 0. The van der Waals surface area contributed by atoms with Crippen LogP contribution >= 0.6 is 0 Å². The first-order valence-electron chi connectivity index (χ1n) is 16.5. The van der Waals surface area contributed by atoms with E-state index < -0.39 is 11.1 Å². The second-order valence-corrected chi connectivity index (χ2v) is 14.3. The number of ether oxygens (including phenoxy) is 2. The predicted octanol–water partition coefficient (Wildman–Crippen LogP) is 4.66. The van der Waals surface area contributed by atoms with Crippen molar-refractivity contribution in [2.75, 3.05) is 43.6 Å². The Morgan fingerprint density at radius 3 is 2.09 bits per heavy atom. The maximum Gasteiger partial charge on any atom is 0.249 e. The molecular weight excluding hydrogens is 600 g/mol. The Kier molecular flexibility index (Phi) is 12.3. The summed E-state index contributed by atoms with van der Waals surface area (Å²) in [4.78, 5) is 29.4. The normalized spacial score (nSPS) is 16.7. The van der Waals surface area contributed by atoms with Gasteiger partial charge in [-0.25, -0.2) is 0 Å². The van der Waals surface area contributed by atoms with Crippen molar-refractivity contribution in [1.29, 1.82) is 0 Å². The number of nitrogens with one attached hydrogen (secondary N) is 5. The molecule has 0 saturated carbocycles. The summed E-state index contributed by atoms with van der Waals surface area (Å²) in [5, 5.41) is 23.2. The summed E-state index contributed by atoms with van der Waals surface area (Å²) < 4.78 is 16.0. The molecule has 2 fully saturated rings. The van der Waals surface area contributed by atoms with E-state index >= 15 is 0 Å². The molecule has 2 aliphatic rings. The Balaban J connectivity index is 0.000000215. The van der Waals surface area contributed by atoms with Crippen LogP contribution in [-0.2, 0) is 24.5 Å². The molecule has 3 aromatic rings. The first-order valence-corrected chi connectivity index (χ1v) is 16.5. The summed E-state index contributed by atoms with van der Waals surface area (Å²) >= 11 is 0. The highest BCUT2D eigenvalue weighted by molar-refractivity contribution is 5.97. The summed E-state index contributed by atoms with van der Waals surface area (Å²) in [5.74, 6) is 2.39. The highest BCUT2D eigenvalue weighted by atomic mass is 16.5. The average molecular weight is 653 g/mol. The van der Waals surface area contributed by atoms with Gasteiger partial charge in [-0.05, 0) is 65.8 Å². The van der Waals surface area contributed by atoms with Gasteiger partial charge in [0.1, 0.15) is 5.76 Å². The number of nitrogens with zero attached hydrogens (tertiary/aromatic N) is 3. The average Bonchev–Trinajstić information content (AvgIpc) is 3.72. The highest BCUT2D eigenvalue weighted by Crippen LogP contribution is 2.25. The van der Waals surface area contributed by atoms with E-state index in [0.29, 0.717) is 23.6 Å². The zero-order chi connectivity index (χ0) is 34.1. The van der Waals surface area contributed by atoms with Crippen LogP contribution in [0.5, 0.6) is 0 Å². The molecule has 2 amide bonds. The van der Waals surface area contributed by atoms with Crippen LogP contribution in [-0.4, -0.2) is 82.2 Å². The molecule has 0 atom stereocenters. The summed E-state index contributed by atoms with van der Waals surface area (Å²) in [6.45, 7) is 17.5. The van der Waals surface area contributed by atoms with Gasteiger partial charge in [-0.15, -0.1) is 5.10 Å². The van der Waals surface area contributed by atoms with Crippen LogP contribution < -0.4 is 21.3 Å². The third kappa shape index (κ3) is 11.0. The number of benzene rings is 1. The Morgan fingerprint density at radius 2 is 1.47 bits per heavy atom. The van der Waals surface area contributed by atoms with Crippen molar-refractivity contribution in [2.45, 2.75) is 96.7 Å². The molecule has 258 valence electrons. The summed E-state index contributed by atoms with van der Waals surface area (Å²) in [6.07, 6.45) is 3.92. The van der Waals surface area contributed by atoms with Crippen LogP contribution in [0.2, 0.25) is 0 Å². The molecule has 2 saturated heterocycles. The number of H-pyrrole nitrogens is 1. The third-order valence-corrected chi connectivity index (χ3v) is 8.34. The first kappa shape index (κ1) is 36.2. The second-order valence-electron chi connectivity index (χ2n) is 14.3. The van der Waals surface area contributed by atoms with Gasteiger partial charge in [0, 0.05) is 49.5 Å². The van der Waals surface area contributed by atoms with Crippen LogP contribution in [0.4, 0.5) is 11.8 Å². The van der Waals surface area contributed by atoms with E-state index in [2.05, 4.69) is 41.6 Å². The fraction of sp³-hybridized carbons (Fsp3) is 0.618. The number of hydrogen-bond donors (Lipinski definition) is 5. The second kappa shape index (κ2) is 16.0. The Hall–Kier alpha value is -3.65. The number of rotatable bonds is 10. The van der Waals surface area contributed by atoms with Gasteiger partial charge in [0.15, 0.2) is 11.6 Å². The van der Waals surface area contributed by atoms with E-state index in [0.717, 1.165) is 70.0 Å². The number of carbonyl (C=O) groups is 2. The van der Waals surface area contributed by atoms with E-state index in [1.807, 2.05) is 78.8 Å². The highest BCUT2D eigenvalue weighted by Gasteiger charge is 2.32. The zero-order valence-corrected chi connectivity index (χ0v) is 28.9. The lowest BCUT2D eigenvalue weighted by molar-refractivity contribution is -0.122. The lowest BCUT2D eigenvalue weighted by Crippen LogP contribution is -2.55. The van der Waals surface area contributed by atoms with Gasteiger partial charge in [-0.3, -0.25) is 20.0 Å². The van der Waals surface area contributed by atoms with Crippen molar-refractivity contribution in [3.05, 3.63) is 42.2 Å². The molecule has 2 aromatic heterocycles. The van der Waals surface area contributed by atoms with E-state index in [1.165, 1.54) is 0 Å². The minimum Gasteiger partial charge on any atom is -0.381 e. The van der Waals surface area contributed by atoms with E-state index in [-0.39, 0.29) is 23.2 Å². The van der Waals surface area contributed by atoms with Crippen molar-refractivity contribution < 1.29 is 23.6 Å². The van der Waals surface area contributed by atoms with Gasteiger partial charge in [0.25, 0.3) is 0 Å². The molecule has 0 radical (unpaired) electrons. The van der Waals surface area contributed by atoms with Crippen molar-refractivity contribution in [3.63, 3.8) is 0 Å².